The van der Waals surface area contributed by atoms with Crippen LogP contribution in [0.2, 0.25) is 0 Å². The highest BCUT2D eigenvalue weighted by molar-refractivity contribution is 5.86. The van der Waals surface area contributed by atoms with Gasteiger partial charge in [0, 0.05) is 19.6 Å². The molecule has 1 aromatic carbocycles. The van der Waals surface area contributed by atoms with Crippen molar-refractivity contribution in [1.82, 2.24) is 10.2 Å². The van der Waals surface area contributed by atoms with Gasteiger partial charge in [0.15, 0.2) is 5.60 Å². The van der Waals surface area contributed by atoms with E-state index in [1.165, 1.54) is 5.56 Å². The van der Waals surface area contributed by atoms with E-state index in [1.54, 1.807) is 11.8 Å². The molecule has 0 aliphatic carbocycles. The van der Waals surface area contributed by atoms with Gasteiger partial charge in [-0.2, -0.15) is 0 Å². The average molecular weight is 364 g/mol. The van der Waals surface area contributed by atoms with Crippen molar-refractivity contribution in [3.63, 3.8) is 0 Å². The van der Waals surface area contributed by atoms with Crippen molar-refractivity contribution < 1.29 is 20.1 Å². The summed E-state index contributed by atoms with van der Waals surface area (Å²) in [4.78, 5) is 14.5. The predicted octanol–water partition coefficient (Wildman–Crippen LogP) is 0.996. The third-order valence-electron chi connectivity index (χ3n) is 5.23. The molecule has 1 saturated heterocycles. The zero-order chi connectivity index (χ0) is 19.4. The van der Waals surface area contributed by atoms with Crippen LogP contribution in [0.3, 0.4) is 0 Å². The third kappa shape index (κ3) is 4.82. The summed E-state index contributed by atoms with van der Waals surface area (Å²) in [6.07, 6.45) is 1.08. The smallest absolute Gasteiger partial charge is 0.256 e. The van der Waals surface area contributed by atoms with Crippen LogP contribution in [0, 0.1) is 0 Å². The normalized spacial score (nSPS) is 21.5. The van der Waals surface area contributed by atoms with Crippen LogP contribution in [-0.2, 0) is 11.3 Å². The molecule has 6 nitrogen and oxygen atoms in total. The summed E-state index contributed by atoms with van der Waals surface area (Å²) in [7, 11) is 0. The lowest BCUT2D eigenvalue weighted by molar-refractivity contribution is -0.158. The maximum atomic E-state index is 12.8. The summed E-state index contributed by atoms with van der Waals surface area (Å²) in [6, 6.07) is 8.22. The molecule has 1 aliphatic rings. The Morgan fingerprint density at radius 1 is 1.23 bits per heavy atom. The summed E-state index contributed by atoms with van der Waals surface area (Å²) in [5.41, 5.74) is -0.144. The minimum absolute atomic E-state index is 0.00619. The minimum atomic E-state index is -1.51. The number of piperidine rings is 1. The second kappa shape index (κ2) is 8.48. The fraction of sp³-hybridized carbons (Fsp3) is 0.650. The van der Waals surface area contributed by atoms with Crippen molar-refractivity contribution in [2.45, 2.75) is 57.2 Å². The second-order valence-corrected chi connectivity index (χ2v) is 7.99. The van der Waals surface area contributed by atoms with Gasteiger partial charge in [-0.25, -0.2) is 0 Å². The molecule has 2 rings (SSSR count). The highest BCUT2D eigenvalue weighted by Gasteiger charge is 2.43. The van der Waals surface area contributed by atoms with E-state index in [2.05, 4.69) is 31.3 Å². The summed E-state index contributed by atoms with van der Waals surface area (Å²) in [5, 5.41) is 32.5. The van der Waals surface area contributed by atoms with Crippen molar-refractivity contribution >= 4 is 5.91 Å². The minimum Gasteiger partial charge on any atom is -0.394 e. The molecule has 0 spiro atoms. The number of aliphatic hydroxyl groups is 3. The number of nitrogens with zero attached hydrogens (tertiary/aromatic N) is 1. The lowest BCUT2D eigenvalue weighted by Crippen LogP contribution is -2.61. The van der Waals surface area contributed by atoms with Crippen LogP contribution >= 0.6 is 0 Å². The fourth-order valence-corrected chi connectivity index (χ4v) is 3.13. The van der Waals surface area contributed by atoms with Crippen LogP contribution in [0.25, 0.3) is 0 Å². The SMILES string of the molecule is CC(C)c1ccc(CN2CCC[C@@](O)(CNC(C)(CO)CO)C2=O)cc1. The number of carbonyl (C=O) groups excluding carboxylic acids is 1. The molecule has 1 atom stereocenters. The third-order valence-corrected chi connectivity index (χ3v) is 5.23. The fourth-order valence-electron chi connectivity index (χ4n) is 3.13. The Labute approximate surface area is 155 Å². The van der Waals surface area contributed by atoms with Crippen molar-refractivity contribution in [3.05, 3.63) is 35.4 Å². The highest BCUT2D eigenvalue weighted by Crippen LogP contribution is 2.25. The molecule has 146 valence electrons. The van der Waals surface area contributed by atoms with Gasteiger partial charge < -0.3 is 25.5 Å². The standard InChI is InChI=1S/C20H32N2O4/c1-15(2)17-7-5-16(6-8-17)11-22-10-4-9-20(26,18(22)25)12-21-19(3,13-23)14-24/h5-8,15,21,23-24,26H,4,9-14H2,1-3H3/t20-/m1/s1. The topological polar surface area (TPSA) is 93.0 Å². The van der Waals surface area contributed by atoms with Crippen molar-refractivity contribution in [3.8, 4) is 0 Å². The lowest BCUT2D eigenvalue weighted by atomic mass is 9.90. The van der Waals surface area contributed by atoms with Crippen LogP contribution in [0.5, 0.6) is 0 Å². The van der Waals surface area contributed by atoms with Gasteiger partial charge in [-0.1, -0.05) is 38.1 Å². The number of carbonyl (C=O) groups is 1. The molecular weight excluding hydrogens is 332 g/mol. The number of likely N-dealkylation sites (tertiary alicyclic amines) is 1. The molecule has 1 heterocycles. The van der Waals surface area contributed by atoms with E-state index < -0.39 is 11.1 Å². The number of nitrogens with one attached hydrogen (secondary N) is 1. The van der Waals surface area contributed by atoms with E-state index in [-0.39, 0.29) is 25.7 Å². The maximum absolute atomic E-state index is 12.8. The first-order valence-corrected chi connectivity index (χ1v) is 9.30. The van der Waals surface area contributed by atoms with E-state index in [9.17, 15) is 20.1 Å². The van der Waals surface area contributed by atoms with E-state index in [0.717, 1.165) is 5.56 Å². The number of β-amino-alcohol motifs (C(OH)–C–C–N with tert-alkyl or cyclic N) is 1. The molecule has 26 heavy (non-hydrogen) atoms. The molecule has 1 fully saturated rings. The summed E-state index contributed by atoms with van der Waals surface area (Å²) in [6.45, 7) is 6.47. The van der Waals surface area contributed by atoms with Gasteiger partial charge in [0.05, 0.1) is 18.8 Å². The number of hydrogen-bond donors (Lipinski definition) is 4. The molecule has 0 bridgehead atoms. The quantitative estimate of drug-likeness (QED) is 0.552. The molecule has 4 N–H and O–H groups in total. The number of amides is 1. The van der Waals surface area contributed by atoms with Gasteiger partial charge in [-0.15, -0.1) is 0 Å². The van der Waals surface area contributed by atoms with Gasteiger partial charge in [-0.3, -0.25) is 4.79 Å². The molecule has 1 aromatic rings. The van der Waals surface area contributed by atoms with E-state index in [0.29, 0.717) is 31.8 Å². The van der Waals surface area contributed by atoms with Crippen LogP contribution in [-0.4, -0.2) is 63.6 Å². The average Bonchev–Trinajstić information content (AvgIpc) is 2.64. The maximum Gasteiger partial charge on any atom is 0.256 e. The zero-order valence-corrected chi connectivity index (χ0v) is 16.0. The Morgan fingerprint density at radius 2 is 1.85 bits per heavy atom. The lowest BCUT2D eigenvalue weighted by Gasteiger charge is -2.40. The van der Waals surface area contributed by atoms with Crippen LogP contribution in [0.1, 0.15) is 50.7 Å². The number of rotatable bonds is 8. The van der Waals surface area contributed by atoms with Crippen LogP contribution in [0.4, 0.5) is 0 Å². The molecule has 0 radical (unpaired) electrons. The van der Waals surface area contributed by atoms with Crippen LogP contribution < -0.4 is 5.32 Å². The van der Waals surface area contributed by atoms with Crippen LogP contribution in [0.15, 0.2) is 24.3 Å². The second-order valence-electron chi connectivity index (χ2n) is 7.99. The molecule has 6 heteroatoms. The summed E-state index contributed by atoms with van der Waals surface area (Å²) in [5.74, 6) is 0.159. The molecular formula is C20H32N2O4. The van der Waals surface area contributed by atoms with Gasteiger partial charge in [-0.05, 0) is 36.8 Å². The molecule has 0 aromatic heterocycles. The Hall–Kier alpha value is -1.47. The largest absolute Gasteiger partial charge is 0.394 e. The Bertz CT molecular complexity index is 598. The molecule has 0 unspecified atom stereocenters. The number of benzene rings is 1. The highest BCUT2D eigenvalue weighted by atomic mass is 16.3. The van der Waals surface area contributed by atoms with Crippen molar-refractivity contribution in [1.29, 1.82) is 0 Å². The van der Waals surface area contributed by atoms with E-state index in [1.807, 2.05) is 12.1 Å². The van der Waals surface area contributed by atoms with E-state index in [4.69, 9.17) is 0 Å². The number of aliphatic hydroxyl groups excluding tert-OH is 2. The Morgan fingerprint density at radius 3 is 2.38 bits per heavy atom. The number of hydrogen-bond acceptors (Lipinski definition) is 5. The first-order chi connectivity index (χ1) is 12.2. The summed E-state index contributed by atoms with van der Waals surface area (Å²) >= 11 is 0. The molecule has 1 aliphatic heterocycles. The molecule has 1 amide bonds. The van der Waals surface area contributed by atoms with Gasteiger partial charge in [0.2, 0.25) is 0 Å². The summed E-state index contributed by atoms with van der Waals surface area (Å²) < 4.78 is 0. The Kier molecular flexibility index (Phi) is 6.80. The van der Waals surface area contributed by atoms with Gasteiger partial charge >= 0.3 is 0 Å². The zero-order valence-electron chi connectivity index (χ0n) is 16.0. The van der Waals surface area contributed by atoms with E-state index >= 15 is 0 Å². The van der Waals surface area contributed by atoms with Crippen molar-refractivity contribution in [2.75, 3.05) is 26.3 Å². The Balaban J connectivity index is 2.03. The monoisotopic (exact) mass is 364 g/mol. The predicted molar refractivity (Wildman–Crippen MR) is 101 cm³/mol. The van der Waals surface area contributed by atoms with Crippen molar-refractivity contribution in [2.24, 2.45) is 0 Å². The van der Waals surface area contributed by atoms with Gasteiger partial charge in [0.25, 0.3) is 5.91 Å². The first-order valence-electron chi connectivity index (χ1n) is 9.30. The first kappa shape index (κ1) is 20.8. The molecule has 0 saturated carbocycles. The van der Waals surface area contributed by atoms with Gasteiger partial charge in [0.1, 0.15) is 0 Å².